The zero-order chi connectivity index (χ0) is 13.1. The maximum atomic E-state index is 12.3. The normalized spacial score (nSPS) is 32.5. The molecule has 2 N–H and O–H groups in total. The Kier molecular flexibility index (Phi) is 4.19. The lowest BCUT2D eigenvalue weighted by atomic mass is 10.0. The minimum Gasteiger partial charge on any atom is -0.481 e. The molecule has 102 valence electrons. The predicted molar refractivity (Wildman–Crippen MR) is 61.9 cm³/mol. The molecule has 18 heavy (non-hydrogen) atoms. The number of aliphatic carboxylic acids is 1. The van der Waals surface area contributed by atoms with Gasteiger partial charge in [-0.15, -0.1) is 0 Å². The van der Waals surface area contributed by atoms with Gasteiger partial charge < -0.3 is 19.8 Å². The number of carboxylic acid groups (broad SMARTS) is 1. The highest BCUT2D eigenvalue weighted by atomic mass is 16.5. The van der Waals surface area contributed by atoms with E-state index in [2.05, 4.69) is 0 Å². The van der Waals surface area contributed by atoms with Crippen LogP contribution in [0, 0.1) is 11.8 Å². The summed E-state index contributed by atoms with van der Waals surface area (Å²) in [7, 11) is 0. The first-order valence-electron chi connectivity index (χ1n) is 6.35. The molecule has 2 fully saturated rings. The molecule has 1 amide bonds. The summed E-state index contributed by atoms with van der Waals surface area (Å²) in [5.41, 5.74) is 0. The zero-order valence-electron chi connectivity index (χ0n) is 10.2. The van der Waals surface area contributed by atoms with E-state index in [1.165, 1.54) is 0 Å². The van der Waals surface area contributed by atoms with Gasteiger partial charge in [-0.2, -0.15) is 0 Å². The Morgan fingerprint density at radius 2 is 2.00 bits per heavy atom. The van der Waals surface area contributed by atoms with E-state index in [1.54, 1.807) is 4.90 Å². The summed E-state index contributed by atoms with van der Waals surface area (Å²) in [5.74, 6) is -1.45. The third kappa shape index (κ3) is 2.64. The fraction of sp³-hybridized carbons (Fsp3) is 0.833. The third-order valence-corrected chi connectivity index (χ3v) is 3.85. The van der Waals surface area contributed by atoms with Gasteiger partial charge >= 0.3 is 5.97 Å². The number of hydrogen-bond donors (Lipinski definition) is 2. The number of morpholine rings is 1. The van der Waals surface area contributed by atoms with Crippen LogP contribution >= 0.6 is 0 Å². The van der Waals surface area contributed by atoms with Crippen LogP contribution in [0.5, 0.6) is 0 Å². The number of carbonyl (C=O) groups excluding carboxylic acids is 1. The van der Waals surface area contributed by atoms with Gasteiger partial charge in [0, 0.05) is 12.5 Å². The van der Waals surface area contributed by atoms with E-state index in [0.29, 0.717) is 39.0 Å². The number of rotatable bonds is 3. The average Bonchev–Trinajstić information content (AvgIpc) is 2.87. The number of ether oxygens (including phenoxy) is 1. The van der Waals surface area contributed by atoms with Crippen LogP contribution in [-0.2, 0) is 14.3 Å². The quantitative estimate of drug-likeness (QED) is 0.725. The number of carboxylic acids is 1. The lowest BCUT2D eigenvalue weighted by Gasteiger charge is -2.36. The molecule has 3 unspecified atom stereocenters. The van der Waals surface area contributed by atoms with Crippen molar-refractivity contribution in [3.05, 3.63) is 0 Å². The summed E-state index contributed by atoms with van der Waals surface area (Å²) in [5, 5.41) is 18.2. The maximum absolute atomic E-state index is 12.3. The third-order valence-electron chi connectivity index (χ3n) is 3.85. The van der Waals surface area contributed by atoms with E-state index in [9.17, 15) is 14.7 Å². The van der Waals surface area contributed by atoms with Gasteiger partial charge in [0.05, 0.1) is 31.8 Å². The van der Waals surface area contributed by atoms with Crippen molar-refractivity contribution in [2.45, 2.75) is 25.3 Å². The molecule has 0 bridgehead atoms. The van der Waals surface area contributed by atoms with Crippen LogP contribution in [0.3, 0.4) is 0 Å². The number of aliphatic hydroxyl groups excluding tert-OH is 1. The van der Waals surface area contributed by atoms with E-state index < -0.39 is 11.9 Å². The molecule has 2 aliphatic rings. The average molecular weight is 257 g/mol. The van der Waals surface area contributed by atoms with Gasteiger partial charge in [0.1, 0.15) is 0 Å². The number of aliphatic hydroxyl groups is 1. The lowest BCUT2D eigenvalue weighted by molar-refractivity contribution is -0.146. The zero-order valence-corrected chi connectivity index (χ0v) is 10.2. The van der Waals surface area contributed by atoms with Crippen molar-refractivity contribution in [1.29, 1.82) is 0 Å². The highest BCUT2D eigenvalue weighted by molar-refractivity contribution is 5.81. The van der Waals surface area contributed by atoms with Crippen LogP contribution in [0.2, 0.25) is 0 Å². The summed E-state index contributed by atoms with van der Waals surface area (Å²) < 4.78 is 5.23. The Morgan fingerprint density at radius 1 is 1.28 bits per heavy atom. The highest BCUT2D eigenvalue weighted by Gasteiger charge is 2.38. The van der Waals surface area contributed by atoms with Crippen molar-refractivity contribution in [2.24, 2.45) is 11.8 Å². The minimum absolute atomic E-state index is 0.0268. The Labute approximate surface area is 106 Å². The fourth-order valence-electron chi connectivity index (χ4n) is 2.76. The molecule has 1 aliphatic carbocycles. The second kappa shape index (κ2) is 5.67. The van der Waals surface area contributed by atoms with Crippen LogP contribution in [0.4, 0.5) is 0 Å². The molecular weight excluding hydrogens is 238 g/mol. The van der Waals surface area contributed by atoms with Crippen molar-refractivity contribution >= 4 is 11.9 Å². The van der Waals surface area contributed by atoms with E-state index >= 15 is 0 Å². The maximum Gasteiger partial charge on any atom is 0.306 e. The summed E-state index contributed by atoms with van der Waals surface area (Å²) in [6, 6.07) is -0.282. The van der Waals surface area contributed by atoms with Crippen molar-refractivity contribution in [1.82, 2.24) is 4.90 Å². The van der Waals surface area contributed by atoms with Crippen molar-refractivity contribution in [3.63, 3.8) is 0 Å². The molecule has 1 saturated carbocycles. The molecule has 0 aromatic rings. The molecule has 1 aliphatic heterocycles. The Bertz CT molecular complexity index is 332. The van der Waals surface area contributed by atoms with Gasteiger partial charge in [-0.3, -0.25) is 9.59 Å². The number of carbonyl (C=O) groups is 2. The molecule has 6 nitrogen and oxygen atoms in total. The van der Waals surface area contributed by atoms with E-state index in [-0.39, 0.29) is 24.5 Å². The van der Waals surface area contributed by atoms with Gasteiger partial charge in [-0.25, -0.2) is 0 Å². The van der Waals surface area contributed by atoms with Crippen molar-refractivity contribution < 1.29 is 24.5 Å². The van der Waals surface area contributed by atoms with Crippen LogP contribution in [0.1, 0.15) is 19.3 Å². The van der Waals surface area contributed by atoms with Crippen molar-refractivity contribution in [3.8, 4) is 0 Å². The molecule has 1 saturated heterocycles. The van der Waals surface area contributed by atoms with Crippen LogP contribution in [0.25, 0.3) is 0 Å². The summed E-state index contributed by atoms with van der Waals surface area (Å²) in [6.45, 7) is 1.22. The second-order valence-corrected chi connectivity index (χ2v) is 4.99. The van der Waals surface area contributed by atoms with E-state index in [4.69, 9.17) is 9.84 Å². The second-order valence-electron chi connectivity index (χ2n) is 4.99. The topological polar surface area (TPSA) is 87.1 Å². The van der Waals surface area contributed by atoms with Crippen molar-refractivity contribution in [2.75, 3.05) is 26.4 Å². The molecule has 0 radical (unpaired) electrons. The highest BCUT2D eigenvalue weighted by Crippen LogP contribution is 2.33. The Hall–Kier alpha value is -1.14. The lowest BCUT2D eigenvalue weighted by Crippen LogP contribution is -2.52. The molecular formula is C12H19NO5. The van der Waals surface area contributed by atoms with Crippen LogP contribution in [-0.4, -0.2) is 59.4 Å². The molecule has 0 spiro atoms. The van der Waals surface area contributed by atoms with Gasteiger partial charge in [-0.05, 0) is 19.3 Å². The number of nitrogens with zero attached hydrogens (tertiary/aromatic N) is 1. The summed E-state index contributed by atoms with van der Waals surface area (Å²) >= 11 is 0. The first-order chi connectivity index (χ1) is 8.63. The molecule has 3 atom stereocenters. The van der Waals surface area contributed by atoms with E-state index in [1.807, 2.05) is 0 Å². The smallest absolute Gasteiger partial charge is 0.306 e. The number of hydrogen-bond acceptors (Lipinski definition) is 4. The molecule has 0 aromatic heterocycles. The first kappa shape index (κ1) is 13.3. The Balaban J connectivity index is 1.96. The Morgan fingerprint density at radius 3 is 2.61 bits per heavy atom. The number of amides is 1. The molecule has 6 heteroatoms. The largest absolute Gasteiger partial charge is 0.481 e. The minimum atomic E-state index is -0.814. The van der Waals surface area contributed by atoms with Crippen LogP contribution < -0.4 is 0 Å². The molecule has 1 heterocycles. The fourth-order valence-corrected chi connectivity index (χ4v) is 2.76. The standard InChI is InChI=1S/C12H19NO5/c14-6-10-7-18-4-3-13(10)11(15)8-1-2-9(5-8)12(16)17/h8-10,14H,1-7H2,(H,16,17). The van der Waals surface area contributed by atoms with Gasteiger partial charge in [-0.1, -0.05) is 0 Å². The van der Waals surface area contributed by atoms with Gasteiger partial charge in [0.2, 0.25) is 5.91 Å². The van der Waals surface area contributed by atoms with Crippen LogP contribution in [0.15, 0.2) is 0 Å². The molecule has 0 aromatic carbocycles. The predicted octanol–water partition coefficient (Wildman–Crippen LogP) is -0.293. The first-order valence-corrected chi connectivity index (χ1v) is 6.35. The monoisotopic (exact) mass is 257 g/mol. The summed E-state index contributed by atoms with van der Waals surface area (Å²) in [4.78, 5) is 24.8. The van der Waals surface area contributed by atoms with E-state index in [0.717, 1.165) is 0 Å². The SMILES string of the molecule is O=C(O)C1CCC(C(=O)N2CCOCC2CO)C1. The summed E-state index contributed by atoms with van der Waals surface area (Å²) in [6.07, 6.45) is 1.62. The van der Waals surface area contributed by atoms with Gasteiger partial charge in [0.25, 0.3) is 0 Å². The molecule has 2 rings (SSSR count). The van der Waals surface area contributed by atoms with Gasteiger partial charge in [0.15, 0.2) is 0 Å².